The van der Waals surface area contributed by atoms with Crippen LogP contribution in [0, 0.1) is 0 Å². The number of hydrogen-bond acceptors (Lipinski definition) is 7. The third-order valence-corrected chi connectivity index (χ3v) is 4.21. The molecule has 0 fully saturated rings. The minimum absolute atomic E-state index is 0.0863. The van der Waals surface area contributed by atoms with Crippen LogP contribution in [0.2, 0.25) is 0 Å². The van der Waals surface area contributed by atoms with Gasteiger partial charge in [0.1, 0.15) is 36.7 Å². The lowest BCUT2D eigenvalue weighted by Crippen LogP contribution is -2.14. The van der Waals surface area contributed by atoms with Gasteiger partial charge in [-0.2, -0.15) is 0 Å². The van der Waals surface area contributed by atoms with Crippen LogP contribution in [0.4, 0.5) is 0 Å². The Hall–Kier alpha value is -4.07. The van der Waals surface area contributed by atoms with E-state index < -0.39 is 5.97 Å². The molecule has 0 aliphatic carbocycles. The van der Waals surface area contributed by atoms with Gasteiger partial charge in [0.2, 0.25) is 5.88 Å². The summed E-state index contributed by atoms with van der Waals surface area (Å²) in [5, 5.41) is 13.2. The van der Waals surface area contributed by atoms with Crippen LogP contribution < -0.4 is 14.2 Å². The van der Waals surface area contributed by atoms with Crippen LogP contribution in [0.15, 0.2) is 72.0 Å². The zero-order chi connectivity index (χ0) is 22.8. The van der Waals surface area contributed by atoms with Crippen LogP contribution in [-0.4, -0.2) is 42.1 Å². The van der Waals surface area contributed by atoms with Gasteiger partial charge in [0, 0.05) is 23.9 Å². The average molecular weight is 436 g/mol. The van der Waals surface area contributed by atoms with Crippen LogP contribution in [0.3, 0.4) is 0 Å². The second kappa shape index (κ2) is 11.4. The van der Waals surface area contributed by atoms with Crippen molar-refractivity contribution in [3.05, 3.63) is 78.0 Å². The lowest BCUT2D eigenvalue weighted by atomic mass is 10.1. The second-order valence-electron chi connectivity index (χ2n) is 6.62. The van der Waals surface area contributed by atoms with E-state index in [9.17, 15) is 4.79 Å². The lowest BCUT2D eigenvalue weighted by molar-refractivity contribution is -0.136. The van der Waals surface area contributed by atoms with Crippen LogP contribution in [0.25, 0.3) is 0 Å². The SMILES string of the molecule is CCOc1cc(CC(=O)O)cc(OC/C(=N\OC)c2cccc(Oc3ccccn3)c2)c1. The molecule has 166 valence electrons. The maximum Gasteiger partial charge on any atom is 0.307 e. The Bertz CT molecular complexity index is 1070. The Morgan fingerprint density at radius 3 is 2.50 bits per heavy atom. The summed E-state index contributed by atoms with van der Waals surface area (Å²) in [7, 11) is 1.45. The molecule has 0 unspecified atom stereocenters. The molecule has 0 amide bonds. The summed E-state index contributed by atoms with van der Waals surface area (Å²) in [6.07, 6.45) is 1.52. The molecule has 0 saturated heterocycles. The molecule has 2 aromatic carbocycles. The molecule has 1 N–H and O–H groups in total. The van der Waals surface area contributed by atoms with Gasteiger partial charge < -0.3 is 24.2 Å². The monoisotopic (exact) mass is 436 g/mol. The minimum Gasteiger partial charge on any atom is -0.494 e. The van der Waals surface area contributed by atoms with E-state index in [1.165, 1.54) is 7.11 Å². The number of carboxylic acids is 1. The van der Waals surface area contributed by atoms with Crippen molar-refractivity contribution in [3.8, 4) is 23.1 Å². The first-order valence-electron chi connectivity index (χ1n) is 9.98. The first kappa shape index (κ1) is 22.6. The first-order valence-corrected chi connectivity index (χ1v) is 9.98. The predicted molar refractivity (Wildman–Crippen MR) is 119 cm³/mol. The molecule has 3 rings (SSSR count). The number of ether oxygens (including phenoxy) is 3. The Labute approximate surface area is 186 Å². The summed E-state index contributed by atoms with van der Waals surface area (Å²) in [5.41, 5.74) is 1.85. The highest BCUT2D eigenvalue weighted by Gasteiger charge is 2.11. The molecule has 32 heavy (non-hydrogen) atoms. The highest BCUT2D eigenvalue weighted by Crippen LogP contribution is 2.25. The molecule has 8 nitrogen and oxygen atoms in total. The second-order valence-corrected chi connectivity index (χ2v) is 6.62. The molecule has 3 aromatic rings. The zero-order valence-corrected chi connectivity index (χ0v) is 17.9. The zero-order valence-electron chi connectivity index (χ0n) is 17.9. The lowest BCUT2D eigenvalue weighted by Gasteiger charge is -2.13. The van der Waals surface area contributed by atoms with Crippen molar-refractivity contribution in [2.24, 2.45) is 5.16 Å². The van der Waals surface area contributed by atoms with Crippen LogP contribution in [0.1, 0.15) is 18.1 Å². The van der Waals surface area contributed by atoms with Crippen LogP contribution in [0.5, 0.6) is 23.1 Å². The van der Waals surface area contributed by atoms with E-state index in [-0.39, 0.29) is 13.0 Å². The summed E-state index contributed by atoms with van der Waals surface area (Å²) >= 11 is 0. The van der Waals surface area contributed by atoms with Gasteiger partial charge in [0.15, 0.2) is 0 Å². The molecule has 1 aromatic heterocycles. The number of benzene rings is 2. The van der Waals surface area contributed by atoms with Crippen molar-refractivity contribution in [1.29, 1.82) is 0 Å². The molecule has 1 heterocycles. The number of oxime groups is 1. The van der Waals surface area contributed by atoms with Gasteiger partial charge in [-0.1, -0.05) is 23.4 Å². The minimum atomic E-state index is -0.934. The maximum absolute atomic E-state index is 11.1. The summed E-state index contributed by atoms with van der Waals surface area (Å²) in [6.45, 7) is 2.39. The first-order chi connectivity index (χ1) is 15.6. The molecule has 0 aliphatic heterocycles. The van der Waals surface area contributed by atoms with E-state index in [4.69, 9.17) is 24.2 Å². The van der Waals surface area contributed by atoms with Gasteiger partial charge in [-0.25, -0.2) is 4.98 Å². The number of carbonyl (C=O) groups is 1. The van der Waals surface area contributed by atoms with E-state index in [0.717, 1.165) is 5.56 Å². The van der Waals surface area contributed by atoms with Crippen molar-refractivity contribution >= 4 is 11.7 Å². The van der Waals surface area contributed by atoms with Crippen LogP contribution >= 0.6 is 0 Å². The fraction of sp³-hybridized carbons (Fsp3) is 0.208. The molecule has 8 heteroatoms. The van der Waals surface area contributed by atoms with Crippen molar-refractivity contribution < 1.29 is 28.9 Å². The molecule has 0 saturated carbocycles. The Morgan fingerprint density at radius 1 is 1.00 bits per heavy atom. The number of pyridine rings is 1. The molecule has 0 spiro atoms. The number of aromatic nitrogens is 1. The van der Waals surface area contributed by atoms with Gasteiger partial charge in [-0.15, -0.1) is 0 Å². The van der Waals surface area contributed by atoms with Gasteiger partial charge in [-0.3, -0.25) is 4.79 Å². The van der Waals surface area contributed by atoms with E-state index in [2.05, 4.69) is 10.1 Å². The van der Waals surface area contributed by atoms with Gasteiger partial charge in [0.25, 0.3) is 0 Å². The number of rotatable bonds is 11. The van der Waals surface area contributed by atoms with Crippen molar-refractivity contribution in [3.63, 3.8) is 0 Å². The highest BCUT2D eigenvalue weighted by atomic mass is 16.6. The molecule has 0 atom stereocenters. The third-order valence-electron chi connectivity index (χ3n) is 4.21. The molecule has 0 bridgehead atoms. The summed E-state index contributed by atoms with van der Waals surface area (Å²) in [5.74, 6) is 1.14. The van der Waals surface area contributed by atoms with Gasteiger partial charge in [0.05, 0.1) is 13.0 Å². The maximum atomic E-state index is 11.1. The normalized spacial score (nSPS) is 11.0. The van der Waals surface area contributed by atoms with Crippen molar-refractivity contribution in [1.82, 2.24) is 4.98 Å². The smallest absolute Gasteiger partial charge is 0.307 e. The fourth-order valence-corrected chi connectivity index (χ4v) is 2.93. The number of aliphatic carboxylic acids is 1. The third kappa shape index (κ3) is 6.73. The Morgan fingerprint density at radius 2 is 1.81 bits per heavy atom. The van der Waals surface area contributed by atoms with Crippen molar-refractivity contribution in [2.45, 2.75) is 13.3 Å². The molecular formula is C24H24N2O6. The average Bonchev–Trinajstić information content (AvgIpc) is 2.77. The van der Waals surface area contributed by atoms with E-state index in [0.29, 0.717) is 41.0 Å². The standard InChI is InChI=1S/C24H24N2O6/c1-3-30-20-11-17(13-24(27)28)12-21(15-20)31-16-22(26-29-2)18-7-6-8-19(14-18)32-23-9-4-5-10-25-23/h4-12,14-15H,3,13,16H2,1-2H3,(H,27,28)/b26-22+. The summed E-state index contributed by atoms with van der Waals surface area (Å²) in [6, 6.07) is 17.8. The number of nitrogens with zero attached hydrogens (tertiary/aromatic N) is 2. The Kier molecular flexibility index (Phi) is 8.02. The summed E-state index contributed by atoms with van der Waals surface area (Å²) in [4.78, 5) is 20.3. The molecule has 0 radical (unpaired) electrons. The van der Waals surface area contributed by atoms with Gasteiger partial charge in [-0.05, 0) is 42.8 Å². The predicted octanol–water partition coefficient (Wildman–Crippen LogP) is 4.33. The Balaban J connectivity index is 1.78. The number of hydrogen-bond donors (Lipinski definition) is 1. The fourth-order valence-electron chi connectivity index (χ4n) is 2.93. The van der Waals surface area contributed by atoms with Crippen LogP contribution in [-0.2, 0) is 16.1 Å². The number of carboxylic acid groups (broad SMARTS) is 1. The largest absolute Gasteiger partial charge is 0.494 e. The van der Waals surface area contributed by atoms with E-state index in [1.54, 1.807) is 30.5 Å². The summed E-state index contributed by atoms with van der Waals surface area (Å²) < 4.78 is 17.2. The van der Waals surface area contributed by atoms with Crippen molar-refractivity contribution in [2.75, 3.05) is 20.3 Å². The molecular weight excluding hydrogens is 412 g/mol. The molecule has 0 aliphatic rings. The van der Waals surface area contributed by atoms with Gasteiger partial charge >= 0.3 is 5.97 Å². The highest BCUT2D eigenvalue weighted by molar-refractivity contribution is 6.01. The van der Waals surface area contributed by atoms with E-state index in [1.807, 2.05) is 43.3 Å². The van der Waals surface area contributed by atoms with E-state index >= 15 is 0 Å². The topological polar surface area (TPSA) is 99.5 Å². The quantitative estimate of drug-likeness (QED) is 0.353.